The van der Waals surface area contributed by atoms with E-state index in [1.54, 1.807) is 12.1 Å². The van der Waals surface area contributed by atoms with Crippen LogP contribution in [0.25, 0.3) is 0 Å². The topological polar surface area (TPSA) is 66.4 Å². The van der Waals surface area contributed by atoms with Gasteiger partial charge in [-0.05, 0) is 24.6 Å². The van der Waals surface area contributed by atoms with Crippen LogP contribution in [0.15, 0.2) is 22.7 Å². The van der Waals surface area contributed by atoms with Crippen LogP contribution in [0.3, 0.4) is 0 Å². The lowest BCUT2D eigenvalue weighted by molar-refractivity contribution is -0.139. The highest BCUT2D eigenvalue weighted by molar-refractivity contribution is 9.10. The Morgan fingerprint density at radius 3 is 2.63 bits per heavy atom. The molecule has 0 heterocycles. The molecule has 0 radical (unpaired) electrons. The van der Waals surface area contributed by atoms with E-state index in [0.29, 0.717) is 21.5 Å². The monoisotopic (exact) mass is 347 g/mol. The standard InChI is InChI=1S/C13H15BrClNO3/c1-2-3-4-11(13(18)19)16-12(17)8-5-9(14)7-10(15)6-8/h5-7,11H,2-4H2,1H3,(H,16,17)(H,18,19). The molecule has 0 saturated heterocycles. The Labute approximate surface area is 125 Å². The van der Waals surface area contributed by atoms with Crippen molar-refractivity contribution in [2.24, 2.45) is 0 Å². The van der Waals surface area contributed by atoms with Crippen molar-refractivity contribution in [3.63, 3.8) is 0 Å². The lowest BCUT2D eigenvalue weighted by Gasteiger charge is -2.14. The number of benzene rings is 1. The molecule has 1 unspecified atom stereocenters. The summed E-state index contributed by atoms with van der Waals surface area (Å²) < 4.78 is 0.672. The van der Waals surface area contributed by atoms with Crippen LogP contribution in [-0.2, 0) is 4.79 Å². The van der Waals surface area contributed by atoms with Crippen molar-refractivity contribution < 1.29 is 14.7 Å². The molecular weight excluding hydrogens is 334 g/mol. The summed E-state index contributed by atoms with van der Waals surface area (Å²) >= 11 is 9.09. The molecule has 19 heavy (non-hydrogen) atoms. The van der Waals surface area contributed by atoms with Gasteiger partial charge in [-0.15, -0.1) is 0 Å². The van der Waals surface area contributed by atoms with Crippen molar-refractivity contribution in [3.05, 3.63) is 33.3 Å². The molecule has 0 aliphatic rings. The van der Waals surface area contributed by atoms with Crippen molar-refractivity contribution in [1.82, 2.24) is 5.32 Å². The maximum Gasteiger partial charge on any atom is 0.326 e. The summed E-state index contributed by atoms with van der Waals surface area (Å²) in [6, 6.07) is 3.88. The van der Waals surface area contributed by atoms with Crippen LogP contribution in [-0.4, -0.2) is 23.0 Å². The number of hydrogen-bond acceptors (Lipinski definition) is 2. The Morgan fingerprint density at radius 1 is 1.42 bits per heavy atom. The molecule has 104 valence electrons. The zero-order valence-electron chi connectivity index (χ0n) is 10.5. The zero-order valence-corrected chi connectivity index (χ0v) is 12.8. The molecule has 0 spiro atoms. The highest BCUT2D eigenvalue weighted by atomic mass is 79.9. The quantitative estimate of drug-likeness (QED) is 0.827. The highest BCUT2D eigenvalue weighted by Crippen LogP contribution is 2.19. The van der Waals surface area contributed by atoms with E-state index in [-0.39, 0.29) is 0 Å². The number of rotatable bonds is 6. The summed E-state index contributed by atoms with van der Waals surface area (Å²) in [4.78, 5) is 23.0. The van der Waals surface area contributed by atoms with Crippen LogP contribution < -0.4 is 5.32 Å². The molecule has 4 nitrogen and oxygen atoms in total. The van der Waals surface area contributed by atoms with Crippen LogP contribution in [0.2, 0.25) is 5.02 Å². The van der Waals surface area contributed by atoms with Crippen molar-refractivity contribution in [1.29, 1.82) is 0 Å². The lowest BCUT2D eigenvalue weighted by atomic mass is 10.1. The number of carbonyl (C=O) groups excluding carboxylic acids is 1. The first-order valence-electron chi connectivity index (χ1n) is 5.93. The van der Waals surface area contributed by atoms with Gasteiger partial charge in [-0.2, -0.15) is 0 Å². The van der Waals surface area contributed by atoms with E-state index in [9.17, 15) is 9.59 Å². The van der Waals surface area contributed by atoms with Gasteiger partial charge in [0.15, 0.2) is 0 Å². The number of carboxylic acids is 1. The van der Waals surface area contributed by atoms with Gasteiger partial charge in [0, 0.05) is 15.1 Å². The van der Waals surface area contributed by atoms with Crippen LogP contribution >= 0.6 is 27.5 Å². The lowest BCUT2D eigenvalue weighted by Crippen LogP contribution is -2.40. The first kappa shape index (κ1) is 16.0. The van der Waals surface area contributed by atoms with E-state index in [1.807, 2.05) is 6.92 Å². The summed E-state index contributed by atoms with van der Waals surface area (Å²) in [5.74, 6) is -1.46. The fourth-order valence-corrected chi connectivity index (χ4v) is 2.45. The van der Waals surface area contributed by atoms with E-state index in [4.69, 9.17) is 16.7 Å². The van der Waals surface area contributed by atoms with Crippen molar-refractivity contribution >= 4 is 39.4 Å². The number of unbranched alkanes of at least 4 members (excludes halogenated alkanes) is 1. The van der Waals surface area contributed by atoms with E-state index in [1.165, 1.54) is 6.07 Å². The Hall–Kier alpha value is -1.07. The molecule has 0 bridgehead atoms. The van der Waals surface area contributed by atoms with Crippen LogP contribution in [0.1, 0.15) is 36.5 Å². The van der Waals surface area contributed by atoms with Gasteiger partial charge in [-0.3, -0.25) is 4.79 Å². The molecule has 0 saturated carbocycles. The molecule has 6 heteroatoms. The first-order valence-corrected chi connectivity index (χ1v) is 7.11. The highest BCUT2D eigenvalue weighted by Gasteiger charge is 2.20. The molecule has 0 aliphatic carbocycles. The molecule has 0 aliphatic heterocycles. The fourth-order valence-electron chi connectivity index (χ4n) is 1.59. The summed E-state index contributed by atoms with van der Waals surface area (Å²) in [7, 11) is 0. The van der Waals surface area contributed by atoms with Crippen molar-refractivity contribution in [2.45, 2.75) is 32.2 Å². The number of aliphatic carboxylic acids is 1. The smallest absolute Gasteiger partial charge is 0.326 e. The van der Waals surface area contributed by atoms with Crippen LogP contribution in [0.5, 0.6) is 0 Å². The minimum atomic E-state index is -1.03. The first-order chi connectivity index (χ1) is 8.93. The van der Waals surface area contributed by atoms with Crippen LogP contribution in [0, 0.1) is 0 Å². The SMILES string of the molecule is CCCCC(NC(=O)c1cc(Cl)cc(Br)c1)C(=O)O. The van der Waals surface area contributed by atoms with Crippen molar-refractivity contribution in [3.8, 4) is 0 Å². The van der Waals surface area contributed by atoms with E-state index in [2.05, 4.69) is 21.2 Å². The van der Waals surface area contributed by atoms with Gasteiger partial charge in [0.05, 0.1) is 0 Å². The molecule has 1 aromatic carbocycles. The molecule has 1 amide bonds. The number of hydrogen-bond donors (Lipinski definition) is 2. The predicted octanol–water partition coefficient (Wildman–Crippen LogP) is 3.48. The Balaban J connectivity index is 2.78. The number of halogens is 2. The fraction of sp³-hybridized carbons (Fsp3) is 0.385. The second-order valence-electron chi connectivity index (χ2n) is 4.16. The third kappa shape index (κ3) is 5.20. The molecule has 1 atom stereocenters. The maximum absolute atomic E-state index is 12.0. The molecule has 1 rings (SSSR count). The number of nitrogens with one attached hydrogen (secondary N) is 1. The Morgan fingerprint density at radius 2 is 2.11 bits per heavy atom. The van der Waals surface area contributed by atoms with E-state index in [0.717, 1.165) is 12.8 Å². The zero-order chi connectivity index (χ0) is 14.4. The average Bonchev–Trinajstić information content (AvgIpc) is 2.32. The maximum atomic E-state index is 12.0. The van der Waals surface area contributed by atoms with Crippen LogP contribution in [0.4, 0.5) is 0 Å². The number of carbonyl (C=O) groups is 2. The molecule has 2 N–H and O–H groups in total. The van der Waals surface area contributed by atoms with E-state index >= 15 is 0 Å². The summed E-state index contributed by atoms with van der Waals surface area (Å²) in [6.45, 7) is 1.97. The largest absolute Gasteiger partial charge is 0.480 e. The average molecular weight is 349 g/mol. The van der Waals surface area contributed by atoms with Gasteiger partial charge in [-0.1, -0.05) is 47.3 Å². The summed E-state index contributed by atoms with van der Waals surface area (Å²) in [5, 5.41) is 12.0. The van der Waals surface area contributed by atoms with Gasteiger partial charge in [0.1, 0.15) is 6.04 Å². The molecule has 0 fully saturated rings. The normalized spacial score (nSPS) is 11.9. The molecular formula is C13H15BrClNO3. The van der Waals surface area contributed by atoms with Gasteiger partial charge in [0.25, 0.3) is 5.91 Å². The van der Waals surface area contributed by atoms with E-state index < -0.39 is 17.9 Å². The third-order valence-electron chi connectivity index (χ3n) is 2.57. The van der Waals surface area contributed by atoms with Gasteiger partial charge < -0.3 is 10.4 Å². The second-order valence-corrected chi connectivity index (χ2v) is 5.52. The number of carboxylic acid groups (broad SMARTS) is 1. The molecule has 0 aromatic heterocycles. The predicted molar refractivity (Wildman–Crippen MR) is 77.6 cm³/mol. The second kappa shape index (κ2) is 7.50. The third-order valence-corrected chi connectivity index (χ3v) is 3.25. The van der Waals surface area contributed by atoms with Gasteiger partial charge in [0.2, 0.25) is 0 Å². The summed E-state index contributed by atoms with van der Waals surface area (Å²) in [5.41, 5.74) is 0.335. The summed E-state index contributed by atoms with van der Waals surface area (Å²) in [6.07, 6.45) is 2.04. The van der Waals surface area contributed by atoms with Gasteiger partial charge >= 0.3 is 5.97 Å². The minimum absolute atomic E-state index is 0.335. The Kier molecular flexibility index (Phi) is 6.31. The van der Waals surface area contributed by atoms with Crippen molar-refractivity contribution in [2.75, 3.05) is 0 Å². The number of amides is 1. The molecule has 1 aromatic rings. The Bertz CT molecular complexity index is 459. The van der Waals surface area contributed by atoms with Gasteiger partial charge in [-0.25, -0.2) is 4.79 Å². The minimum Gasteiger partial charge on any atom is -0.480 e.